The topological polar surface area (TPSA) is 0 Å². The van der Waals surface area contributed by atoms with Crippen LogP contribution in [0.2, 0.25) is 14.7 Å². The van der Waals surface area contributed by atoms with Gasteiger partial charge in [0, 0.05) is 0 Å². The summed E-state index contributed by atoms with van der Waals surface area (Å²) < 4.78 is 0.935. The molecule has 0 nitrogen and oxygen atoms in total. The van der Waals surface area contributed by atoms with E-state index in [4.69, 9.17) is 0 Å². The van der Waals surface area contributed by atoms with E-state index in [1.165, 1.54) is 36.4 Å². The molecule has 0 aromatic heterocycles. The molecular weight excluding hydrogens is 563 g/mol. The molecule has 3 aromatic rings. The fraction of sp³-hybridized carbons (Fsp3) is 0.290. The second-order valence-electron chi connectivity index (χ2n) is 10.2. The maximum absolute atomic E-state index is 2.55. The Balaban J connectivity index is 0.00000144. The average molecular weight is 594 g/mol. The van der Waals surface area contributed by atoms with Crippen molar-refractivity contribution in [2.24, 2.45) is 0 Å². The van der Waals surface area contributed by atoms with Crippen LogP contribution in [-0.4, -0.2) is 8.80 Å². The first-order valence-electron chi connectivity index (χ1n) is 12.6. The Hall–Kier alpha value is -1.18. The van der Waals surface area contributed by atoms with Crippen LogP contribution in [0.5, 0.6) is 0 Å². The van der Waals surface area contributed by atoms with Gasteiger partial charge < -0.3 is 24.8 Å². The van der Waals surface area contributed by atoms with Crippen molar-refractivity contribution in [1.29, 1.82) is 0 Å². The van der Waals surface area contributed by atoms with Crippen LogP contribution in [0.1, 0.15) is 58.9 Å². The van der Waals surface area contributed by atoms with Gasteiger partial charge in [0.1, 0.15) is 0 Å². The Bertz CT molecular complexity index is 1190. The molecule has 1 fully saturated rings. The van der Waals surface area contributed by atoms with Gasteiger partial charge in [-0.05, 0) is 0 Å². The van der Waals surface area contributed by atoms with Gasteiger partial charge in [0.05, 0.1) is 0 Å². The fourth-order valence-electron chi connectivity index (χ4n) is 6.60. The third-order valence-electron chi connectivity index (χ3n) is 8.26. The molecule has 0 spiro atoms. The molecule has 0 bridgehead atoms. The third kappa shape index (κ3) is 5.57. The summed E-state index contributed by atoms with van der Waals surface area (Å²) in [6, 6.07) is 30.8. The molecule has 1 saturated heterocycles. The van der Waals surface area contributed by atoms with Crippen molar-refractivity contribution in [1.82, 2.24) is 0 Å². The van der Waals surface area contributed by atoms with E-state index in [1.54, 1.807) is 41.4 Å². The Morgan fingerprint density at radius 3 is 2.14 bits per heavy atom. The van der Waals surface area contributed by atoms with Gasteiger partial charge in [-0.1, -0.05) is 0 Å². The number of benzene rings is 3. The fourth-order valence-corrected chi connectivity index (χ4v) is 14.9. The van der Waals surface area contributed by atoms with Gasteiger partial charge in [0.25, 0.3) is 0 Å². The molecule has 6 unspecified atom stereocenters. The van der Waals surface area contributed by atoms with Gasteiger partial charge in [0.15, 0.2) is 0 Å². The van der Waals surface area contributed by atoms with Crippen molar-refractivity contribution in [2.75, 3.05) is 0 Å². The molecule has 6 rings (SSSR count). The molecule has 1 heterocycles. The van der Waals surface area contributed by atoms with E-state index < -0.39 is 8.80 Å². The van der Waals surface area contributed by atoms with Crippen molar-refractivity contribution in [3.8, 4) is 0 Å². The van der Waals surface area contributed by atoms with Gasteiger partial charge in [-0.25, -0.2) is 0 Å². The zero-order valence-corrected chi connectivity index (χ0v) is 25.0. The zero-order valence-electron chi connectivity index (χ0n) is 19.9. The molecular formula is C31H31Cl2SiZr. The van der Waals surface area contributed by atoms with Crippen LogP contribution < -0.4 is 24.8 Å². The zero-order chi connectivity index (χ0) is 22.2. The van der Waals surface area contributed by atoms with E-state index in [9.17, 15) is 0 Å². The first kappa shape index (κ1) is 26.9. The van der Waals surface area contributed by atoms with Crippen LogP contribution in [0.4, 0.5) is 0 Å². The van der Waals surface area contributed by atoms with E-state index in [0.717, 1.165) is 14.7 Å². The monoisotopic (exact) mass is 591 g/mol. The van der Waals surface area contributed by atoms with Crippen molar-refractivity contribution in [2.45, 2.75) is 51.9 Å². The summed E-state index contributed by atoms with van der Waals surface area (Å²) in [6.45, 7) is 0. The van der Waals surface area contributed by atoms with E-state index in [-0.39, 0.29) is 24.8 Å². The van der Waals surface area contributed by atoms with Crippen LogP contribution in [0.15, 0.2) is 91.0 Å². The number of hydrogen-bond acceptors (Lipinski definition) is 0. The van der Waals surface area contributed by atoms with Crippen LogP contribution in [0.25, 0.3) is 12.2 Å². The van der Waals surface area contributed by atoms with E-state index >= 15 is 0 Å². The average Bonchev–Trinajstić information content (AvgIpc) is 3.18. The number of fused-ring (bicyclic) bond motifs is 2. The predicted molar refractivity (Wildman–Crippen MR) is 139 cm³/mol. The van der Waals surface area contributed by atoms with Gasteiger partial charge in [-0.3, -0.25) is 0 Å². The molecule has 35 heavy (non-hydrogen) atoms. The molecule has 3 aromatic carbocycles. The molecule has 0 amide bonds. The van der Waals surface area contributed by atoms with Gasteiger partial charge in [0.2, 0.25) is 0 Å². The van der Waals surface area contributed by atoms with Crippen molar-refractivity contribution in [3.63, 3.8) is 0 Å². The predicted octanol–water partition coefficient (Wildman–Crippen LogP) is 1.88. The number of allylic oxidation sites excluding steroid dienone is 2. The Kier molecular flexibility index (Phi) is 9.14. The molecule has 6 atom stereocenters. The quantitative estimate of drug-likeness (QED) is 0.350. The van der Waals surface area contributed by atoms with E-state index in [2.05, 4.69) is 103 Å². The SMILES string of the molecule is [Cl-].[Cl-].[Zr+2][CH](CCCC1C=Cc2ccccc21)C1C(C2C=Cc3ccccc32)[SiH]1Cc1ccccc1. The summed E-state index contributed by atoms with van der Waals surface area (Å²) in [6.07, 6.45) is 13.8. The molecule has 3 aliphatic rings. The van der Waals surface area contributed by atoms with Gasteiger partial charge in [-0.15, -0.1) is 0 Å². The van der Waals surface area contributed by atoms with Crippen molar-refractivity contribution < 1.29 is 49.5 Å². The van der Waals surface area contributed by atoms with Crippen LogP contribution in [-0.2, 0) is 30.8 Å². The number of rotatable bonds is 8. The van der Waals surface area contributed by atoms with E-state index in [1.807, 2.05) is 0 Å². The van der Waals surface area contributed by atoms with Crippen molar-refractivity contribution in [3.05, 3.63) is 119 Å². The Morgan fingerprint density at radius 1 is 0.743 bits per heavy atom. The van der Waals surface area contributed by atoms with Crippen LogP contribution in [0.3, 0.4) is 0 Å². The number of hydrogen-bond donors (Lipinski definition) is 0. The summed E-state index contributed by atoms with van der Waals surface area (Å²) in [4.78, 5) is 0. The van der Waals surface area contributed by atoms with Gasteiger partial charge in [-0.2, -0.15) is 0 Å². The van der Waals surface area contributed by atoms with Crippen molar-refractivity contribution >= 4 is 20.9 Å². The minimum atomic E-state index is -0.813. The Labute approximate surface area is 239 Å². The molecule has 4 heteroatoms. The summed E-state index contributed by atoms with van der Waals surface area (Å²) in [7, 11) is -0.813. The molecule has 0 saturated carbocycles. The first-order chi connectivity index (χ1) is 16.3. The van der Waals surface area contributed by atoms with Crippen LogP contribution >= 0.6 is 0 Å². The molecule has 0 N–H and O–H groups in total. The third-order valence-corrected chi connectivity index (χ3v) is 15.0. The molecule has 0 radical (unpaired) electrons. The maximum atomic E-state index is 2.55. The number of halogens is 2. The summed E-state index contributed by atoms with van der Waals surface area (Å²) in [5, 5.41) is 0. The van der Waals surface area contributed by atoms with E-state index in [0.29, 0.717) is 11.8 Å². The summed E-state index contributed by atoms with van der Waals surface area (Å²) in [5.41, 5.74) is 9.58. The second kappa shape index (κ2) is 11.9. The summed E-state index contributed by atoms with van der Waals surface area (Å²) >= 11 is 1.78. The second-order valence-corrected chi connectivity index (χ2v) is 15.3. The standard InChI is InChI=1S/C31H31Si.2ClH.Zr/c1-2-10-23(11-3-1)22-32-30(31(32)29-21-20-26-14-5-8-16-28(26)29)17-9-6-13-25-19-18-24-12-4-7-15-27(24)25;;;/h1-5,7-8,10-12,14-21,25,29-32H,6,9,13,22H2;2*1H;/q;;;+2/p-2. The van der Waals surface area contributed by atoms with Crippen LogP contribution in [0, 0.1) is 0 Å². The normalized spacial score (nSPS) is 25.8. The molecule has 1 aliphatic heterocycles. The molecule has 177 valence electrons. The first-order valence-corrected chi connectivity index (χ1v) is 16.2. The summed E-state index contributed by atoms with van der Waals surface area (Å²) in [5.74, 6) is 1.32. The molecule has 2 aliphatic carbocycles. The minimum absolute atomic E-state index is 0. The van der Waals surface area contributed by atoms with Gasteiger partial charge >= 0.3 is 216 Å². The Morgan fingerprint density at radius 2 is 1.37 bits per heavy atom.